The van der Waals surface area contributed by atoms with Crippen molar-refractivity contribution in [3.63, 3.8) is 0 Å². The van der Waals surface area contributed by atoms with Gasteiger partial charge in [-0.3, -0.25) is 9.48 Å². The Morgan fingerprint density at radius 3 is 2.72 bits per heavy atom. The van der Waals surface area contributed by atoms with Gasteiger partial charge < -0.3 is 10.2 Å². The minimum absolute atomic E-state index is 0. The summed E-state index contributed by atoms with van der Waals surface area (Å²) in [5.74, 6) is -0.537. The second-order valence-corrected chi connectivity index (χ2v) is 6.04. The summed E-state index contributed by atoms with van der Waals surface area (Å²) < 4.78 is 15.7. The molecule has 1 amide bonds. The highest BCUT2D eigenvalue weighted by Crippen LogP contribution is 2.23. The van der Waals surface area contributed by atoms with Gasteiger partial charge in [-0.1, -0.05) is 24.6 Å². The zero-order valence-corrected chi connectivity index (χ0v) is 16.1. The van der Waals surface area contributed by atoms with E-state index >= 15 is 0 Å². The standard InChI is InChI=1S/C17H22ClFN4O.ClH/c1-4-8-23(11-13-14(18)6-5-7-15(13)19)17(24)16(20-2)12-9-21-22(3)10-12;/h5-7,9-10,16,20H,4,8,11H2,1-3H3;1H. The van der Waals surface area contributed by atoms with Crippen molar-refractivity contribution in [3.05, 3.63) is 52.6 Å². The minimum Gasteiger partial charge on any atom is -0.337 e. The zero-order valence-electron chi connectivity index (χ0n) is 14.5. The number of amides is 1. The maximum Gasteiger partial charge on any atom is 0.244 e. The molecule has 0 fully saturated rings. The summed E-state index contributed by atoms with van der Waals surface area (Å²) in [5.41, 5.74) is 1.10. The van der Waals surface area contributed by atoms with E-state index in [4.69, 9.17) is 11.6 Å². The van der Waals surface area contributed by atoms with Crippen LogP contribution < -0.4 is 5.32 Å². The van der Waals surface area contributed by atoms with Crippen LogP contribution in [0.1, 0.15) is 30.5 Å². The number of nitrogens with one attached hydrogen (secondary N) is 1. The predicted octanol–water partition coefficient (Wildman–Crippen LogP) is 3.33. The van der Waals surface area contributed by atoms with Gasteiger partial charge in [0, 0.05) is 35.9 Å². The van der Waals surface area contributed by atoms with E-state index in [2.05, 4.69) is 10.4 Å². The number of carbonyl (C=O) groups is 1. The van der Waals surface area contributed by atoms with Crippen molar-refractivity contribution < 1.29 is 9.18 Å². The SMILES string of the molecule is CCCN(Cc1c(F)cccc1Cl)C(=O)C(NC)c1cnn(C)c1.Cl. The lowest BCUT2D eigenvalue weighted by Gasteiger charge is -2.27. The van der Waals surface area contributed by atoms with Crippen LogP contribution in [0.4, 0.5) is 4.39 Å². The monoisotopic (exact) mass is 388 g/mol. The highest BCUT2D eigenvalue weighted by molar-refractivity contribution is 6.31. The van der Waals surface area contributed by atoms with Crippen LogP contribution in [-0.2, 0) is 18.4 Å². The molecule has 1 aromatic carbocycles. The Morgan fingerprint density at radius 2 is 2.20 bits per heavy atom. The van der Waals surface area contributed by atoms with Crippen LogP contribution in [0.25, 0.3) is 0 Å². The number of hydrogen-bond acceptors (Lipinski definition) is 3. The third-order valence-electron chi connectivity index (χ3n) is 3.81. The predicted molar refractivity (Wildman–Crippen MR) is 99.4 cm³/mol. The summed E-state index contributed by atoms with van der Waals surface area (Å²) >= 11 is 6.11. The molecule has 1 aromatic heterocycles. The molecule has 0 spiro atoms. The molecule has 0 saturated carbocycles. The fraction of sp³-hybridized carbons (Fsp3) is 0.412. The number of hydrogen-bond donors (Lipinski definition) is 1. The molecule has 1 heterocycles. The lowest BCUT2D eigenvalue weighted by atomic mass is 10.1. The Bertz CT molecular complexity index is 687. The second-order valence-electron chi connectivity index (χ2n) is 5.63. The third-order valence-corrected chi connectivity index (χ3v) is 4.16. The average Bonchev–Trinajstić information content (AvgIpc) is 2.97. The fourth-order valence-corrected chi connectivity index (χ4v) is 2.84. The molecule has 138 valence electrons. The van der Waals surface area contributed by atoms with Gasteiger partial charge in [0.1, 0.15) is 11.9 Å². The van der Waals surface area contributed by atoms with Crippen LogP contribution in [0.5, 0.6) is 0 Å². The molecule has 25 heavy (non-hydrogen) atoms. The quantitative estimate of drug-likeness (QED) is 0.791. The molecule has 1 N–H and O–H groups in total. The minimum atomic E-state index is -0.532. The Balaban J connectivity index is 0.00000312. The van der Waals surface area contributed by atoms with Crippen molar-refractivity contribution in [1.29, 1.82) is 0 Å². The van der Waals surface area contributed by atoms with Gasteiger partial charge in [0.15, 0.2) is 0 Å². The van der Waals surface area contributed by atoms with Crippen molar-refractivity contribution in [2.75, 3.05) is 13.6 Å². The first-order chi connectivity index (χ1) is 11.5. The highest BCUT2D eigenvalue weighted by Gasteiger charge is 2.26. The van der Waals surface area contributed by atoms with E-state index in [1.807, 2.05) is 6.92 Å². The smallest absolute Gasteiger partial charge is 0.244 e. The van der Waals surface area contributed by atoms with E-state index < -0.39 is 11.9 Å². The van der Waals surface area contributed by atoms with Crippen LogP contribution in [-0.4, -0.2) is 34.2 Å². The van der Waals surface area contributed by atoms with Crippen molar-refractivity contribution >= 4 is 29.9 Å². The summed E-state index contributed by atoms with van der Waals surface area (Å²) in [7, 11) is 3.51. The van der Waals surface area contributed by atoms with Gasteiger partial charge in [0.25, 0.3) is 0 Å². The van der Waals surface area contributed by atoms with E-state index in [9.17, 15) is 9.18 Å². The number of likely N-dealkylation sites (N-methyl/N-ethyl adjacent to an activating group) is 1. The van der Waals surface area contributed by atoms with E-state index in [0.717, 1.165) is 12.0 Å². The molecule has 2 rings (SSSR count). The number of halogens is 3. The maximum absolute atomic E-state index is 14.1. The zero-order chi connectivity index (χ0) is 17.7. The van der Waals surface area contributed by atoms with Crippen molar-refractivity contribution in [2.24, 2.45) is 7.05 Å². The molecule has 0 aliphatic rings. The Kier molecular flexibility index (Phi) is 8.35. The van der Waals surface area contributed by atoms with Gasteiger partial charge >= 0.3 is 0 Å². The number of aromatic nitrogens is 2. The first kappa shape index (κ1) is 21.4. The Labute approximate surface area is 158 Å². The molecule has 1 atom stereocenters. The number of carbonyl (C=O) groups excluding carboxylic acids is 1. The molecule has 2 aromatic rings. The van der Waals surface area contributed by atoms with Gasteiger partial charge in [-0.05, 0) is 25.6 Å². The lowest BCUT2D eigenvalue weighted by Crippen LogP contribution is -2.40. The van der Waals surface area contributed by atoms with Crippen LogP contribution in [0.3, 0.4) is 0 Å². The van der Waals surface area contributed by atoms with Crippen molar-refractivity contribution in [3.8, 4) is 0 Å². The van der Waals surface area contributed by atoms with Crippen LogP contribution in [0, 0.1) is 5.82 Å². The number of benzene rings is 1. The maximum atomic E-state index is 14.1. The molecule has 0 aliphatic carbocycles. The van der Waals surface area contributed by atoms with E-state index in [0.29, 0.717) is 17.1 Å². The first-order valence-corrected chi connectivity index (χ1v) is 8.23. The summed E-state index contributed by atoms with van der Waals surface area (Å²) in [4.78, 5) is 14.6. The molecule has 8 heteroatoms. The summed E-state index contributed by atoms with van der Waals surface area (Å²) in [6.07, 6.45) is 4.21. The molecule has 5 nitrogen and oxygen atoms in total. The molecule has 0 aliphatic heterocycles. The van der Waals surface area contributed by atoms with E-state index in [1.54, 1.807) is 48.2 Å². The van der Waals surface area contributed by atoms with E-state index in [1.165, 1.54) is 6.07 Å². The van der Waals surface area contributed by atoms with Crippen LogP contribution in [0.2, 0.25) is 5.02 Å². The van der Waals surface area contributed by atoms with Gasteiger partial charge in [0.2, 0.25) is 5.91 Å². The number of rotatable bonds is 7. The molecular weight excluding hydrogens is 366 g/mol. The Morgan fingerprint density at radius 1 is 1.48 bits per heavy atom. The number of aryl methyl sites for hydroxylation is 1. The lowest BCUT2D eigenvalue weighted by molar-refractivity contribution is -0.134. The molecular formula is C17H23Cl2FN4O. The van der Waals surface area contributed by atoms with Crippen LogP contribution >= 0.6 is 24.0 Å². The molecule has 1 unspecified atom stereocenters. The molecule has 0 radical (unpaired) electrons. The van der Waals surface area contributed by atoms with Crippen LogP contribution in [0.15, 0.2) is 30.6 Å². The first-order valence-electron chi connectivity index (χ1n) is 7.85. The fourth-order valence-electron chi connectivity index (χ4n) is 2.62. The molecule has 0 bridgehead atoms. The normalized spacial score (nSPS) is 11.7. The van der Waals surface area contributed by atoms with Gasteiger partial charge in [0.05, 0.1) is 12.7 Å². The number of nitrogens with zero attached hydrogens (tertiary/aromatic N) is 3. The van der Waals surface area contributed by atoms with Crippen molar-refractivity contribution in [1.82, 2.24) is 20.0 Å². The largest absolute Gasteiger partial charge is 0.337 e. The average molecular weight is 389 g/mol. The van der Waals surface area contributed by atoms with Gasteiger partial charge in [-0.2, -0.15) is 5.10 Å². The van der Waals surface area contributed by atoms with Gasteiger partial charge in [-0.15, -0.1) is 12.4 Å². The van der Waals surface area contributed by atoms with Gasteiger partial charge in [-0.25, -0.2) is 4.39 Å². The topological polar surface area (TPSA) is 50.2 Å². The van der Waals surface area contributed by atoms with E-state index in [-0.39, 0.29) is 24.9 Å². The second kappa shape index (κ2) is 9.75. The Hall–Kier alpha value is -1.63. The summed E-state index contributed by atoms with van der Waals surface area (Å²) in [5, 5.41) is 7.45. The highest BCUT2D eigenvalue weighted by atomic mass is 35.5. The summed E-state index contributed by atoms with van der Waals surface area (Å²) in [6.45, 7) is 2.63. The van der Waals surface area contributed by atoms with Crippen molar-refractivity contribution in [2.45, 2.75) is 25.9 Å². The summed E-state index contributed by atoms with van der Waals surface area (Å²) in [6, 6.07) is 4.01. The third kappa shape index (κ3) is 5.17. The molecule has 0 saturated heterocycles.